The molecule has 0 unspecified atom stereocenters. The summed E-state index contributed by atoms with van der Waals surface area (Å²) in [4.78, 5) is 10.7. The van der Waals surface area contributed by atoms with Gasteiger partial charge in [-0.25, -0.2) is 5.87 Å². The molecule has 0 radical (unpaired) electrons. The lowest BCUT2D eigenvalue weighted by molar-refractivity contribution is -0.747. The molecule has 164 valence electrons. The molecule has 1 aromatic heterocycles. The minimum absolute atomic E-state index is 0.00527. The molecule has 2 heterocycles. The maximum Gasteiger partial charge on any atom is 0.269 e. The summed E-state index contributed by atoms with van der Waals surface area (Å²) in [5.41, 5.74) is -0.441. The zero-order valence-electron chi connectivity index (χ0n) is 17.8. The Bertz CT molecular complexity index is 1290. The van der Waals surface area contributed by atoms with E-state index in [9.17, 15) is 31.2 Å². The molecule has 0 saturated heterocycles. The number of hydrogen-bond donors (Lipinski definition) is 2. The zero-order chi connectivity index (χ0) is 23.8. The molecule has 2 aromatic rings. The van der Waals surface area contributed by atoms with Crippen LogP contribution >= 0.6 is 0 Å². The summed E-state index contributed by atoms with van der Waals surface area (Å²) in [6, 6.07) is 14.6. The average molecular weight is 440 g/mol. The maximum absolute atomic E-state index is 12.0. The molecule has 1 aliphatic carbocycles. The molecule has 4 rings (SSSR count). The van der Waals surface area contributed by atoms with Crippen LogP contribution in [-0.4, -0.2) is 21.6 Å². The Morgan fingerprint density at radius 2 is 1.97 bits per heavy atom. The van der Waals surface area contributed by atoms with E-state index in [1.54, 1.807) is 12.1 Å². The Morgan fingerprint density at radius 3 is 2.48 bits per heavy atom. The molecule has 0 spiro atoms. The molecule has 9 nitrogen and oxygen atoms in total. The lowest BCUT2D eigenvalue weighted by Crippen LogP contribution is -2.66. The molecular weight excluding hydrogens is 420 g/mol. The number of aliphatic hydroxyl groups is 1. The molecule has 1 saturated carbocycles. The van der Waals surface area contributed by atoms with E-state index in [2.05, 4.69) is 11.4 Å². The number of aryl methyl sites for hydroxylation is 1. The van der Waals surface area contributed by atoms with Gasteiger partial charge in [0.1, 0.15) is 6.07 Å². The summed E-state index contributed by atoms with van der Waals surface area (Å²) >= 11 is 0. The van der Waals surface area contributed by atoms with Gasteiger partial charge >= 0.3 is 0 Å². The number of nitro groups is 1. The van der Waals surface area contributed by atoms with E-state index in [0.29, 0.717) is 5.56 Å². The van der Waals surface area contributed by atoms with Crippen molar-refractivity contribution in [3.63, 3.8) is 0 Å². The van der Waals surface area contributed by atoms with Crippen molar-refractivity contribution in [2.45, 2.75) is 37.5 Å². The molecule has 3 atom stereocenters. The predicted octanol–water partition coefficient (Wildman–Crippen LogP) is 2.68. The summed E-state index contributed by atoms with van der Waals surface area (Å²) < 4.78 is 1.88. The van der Waals surface area contributed by atoms with Crippen molar-refractivity contribution in [2.75, 3.05) is 0 Å². The van der Waals surface area contributed by atoms with Crippen LogP contribution in [-0.2, 0) is 0 Å². The van der Waals surface area contributed by atoms with Crippen molar-refractivity contribution in [3.8, 4) is 12.1 Å². The van der Waals surface area contributed by atoms with E-state index in [4.69, 9.17) is 0 Å². The van der Waals surface area contributed by atoms with Crippen LogP contribution in [0.1, 0.15) is 36.1 Å². The van der Waals surface area contributed by atoms with Crippen molar-refractivity contribution in [3.05, 3.63) is 92.3 Å². The standard InChI is InChI=1S/C24H20N6O3/c1-15-4-2-3-11-29(15)23-21(16-5-9-19(10-6-16)30(32)33)20(14-27)22(17(12-25)13-26)28-24(23,31)18-7-8-18/h2-6,9-11,18,21,23,28,31H,7-8H2,1H3/t21-,23-,24+/m0/s1. The molecular formula is C24H20N6O3. The van der Waals surface area contributed by atoms with Gasteiger partial charge in [-0.1, -0.05) is 18.2 Å². The summed E-state index contributed by atoms with van der Waals surface area (Å²) in [6.45, 7) is 1.88. The van der Waals surface area contributed by atoms with Crippen molar-refractivity contribution in [1.82, 2.24) is 5.32 Å². The number of nitrogens with one attached hydrogen (secondary N) is 1. The summed E-state index contributed by atoms with van der Waals surface area (Å²) in [6.07, 6.45) is 3.29. The van der Waals surface area contributed by atoms with Gasteiger partial charge in [0.15, 0.2) is 11.9 Å². The number of non-ortho nitro benzene ring substituents is 1. The highest BCUT2D eigenvalue weighted by Crippen LogP contribution is 2.52. The van der Waals surface area contributed by atoms with Gasteiger partial charge in [0.2, 0.25) is 11.8 Å². The number of allylic oxidation sites excluding steroid dienone is 2. The fourth-order valence-electron chi connectivity index (χ4n) is 4.61. The van der Waals surface area contributed by atoms with Gasteiger partial charge in [-0.05, 0) is 18.4 Å². The molecule has 1 aromatic carbocycles. The normalized spacial score (nSPS) is 24.1. The van der Waals surface area contributed by atoms with Crippen LogP contribution in [0, 0.1) is 45.6 Å². The zero-order valence-corrected chi connectivity index (χ0v) is 17.8. The van der Waals surface area contributed by atoms with E-state index in [1.165, 1.54) is 12.1 Å². The third kappa shape index (κ3) is 3.66. The van der Waals surface area contributed by atoms with E-state index >= 15 is 0 Å². The number of rotatable bonds is 5. The number of benzene rings is 1. The van der Waals surface area contributed by atoms with Gasteiger partial charge in [0, 0.05) is 37.1 Å². The van der Waals surface area contributed by atoms with Crippen LogP contribution in [0.3, 0.4) is 0 Å². The number of nitriles is 2. The molecule has 1 fully saturated rings. The second kappa shape index (κ2) is 8.33. The van der Waals surface area contributed by atoms with E-state index in [-0.39, 0.29) is 28.4 Å². The van der Waals surface area contributed by atoms with Gasteiger partial charge < -0.3 is 15.8 Å². The molecule has 2 aliphatic rings. The minimum Gasteiger partial charge on any atom is -0.762 e. The van der Waals surface area contributed by atoms with Crippen molar-refractivity contribution < 1.29 is 14.6 Å². The van der Waals surface area contributed by atoms with Crippen molar-refractivity contribution in [1.29, 1.82) is 10.5 Å². The van der Waals surface area contributed by atoms with Crippen LogP contribution in [0.25, 0.3) is 5.41 Å². The monoisotopic (exact) mass is 440 g/mol. The lowest BCUT2D eigenvalue weighted by atomic mass is 9.73. The van der Waals surface area contributed by atoms with E-state index in [0.717, 1.165) is 18.5 Å². The summed E-state index contributed by atoms with van der Waals surface area (Å²) in [5, 5.41) is 55.4. The van der Waals surface area contributed by atoms with Crippen LogP contribution in [0.2, 0.25) is 0 Å². The smallest absolute Gasteiger partial charge is 0.269 e. The Balaban J connectivity index is 2.04. The first-order valence-corrected chi connectivity index (χ1v) is 10.4. The first kappa shape index (κ1) is 21.9. The Morgan fingerprint density at radius 1 is 1.27 bits per heavy atom. The highest BCUT2D eigenvalue weighted by atomic mass is 16.6. The van der Waals surface area contributed by atoms with Crippen LogP contribution in [0.4, 0.5) is 5.69 Å². The van der Waals surface area contributed by atoms with Gasteiger partial charge in [-0.2, -0.15) is 15.1 Å². The number of pyridine rings is 1. The molecule has 0 amide bonds. The quantitative estimate of drug-likeness (QED) is 0.240. The highest BCUT2D eigenvalue weighted by Gasteiger charge is 2.61. The fourth-order valence-corrected chi connectivity index (χ4v) is 4.61. The first-order chi connectivity index (χ1) is 15.8. The van der Waals surface area contributed by atoms with E-state index < -0.39 is 22.6 Å². The summed E-state index contributed by atoms with van der Waals surface area (Å²) in [7, 11) is 0. The third-order valence-electron chi connectivity index (χ3n) is 6.33. The molecule has 1 aliphatic heterocycles. The first-order valence-electron chi connectivity index (χ1n) is 10.4. The van der Waals surface area contributed by atoms with Crippen LogP contribution in [0.5, 0.6) is 0 Å². The van der Waals surface area contributed by atoms with Crippen LogP contribution < -0.4 is 9.88 Å². The Hall–Kier alpha value is -4.30. The van der Waals surface area contributed by atoms with Gasteiger partial charge in [-0.3, -0.25) is 10.1 Å². The number of nitrogens with zero attached hydrogens (tertiary/aromatic N) is 5. The Labute approximate surface area is 190 Å². The van der Waals surface area contributed by atoms with Gasteiger partial charge in [0.05, 0.1) is 33.8 Å². The maximum atomic E-state index is 12.0. The van der Waals surface area contributed by atoms with Crippen molar-refractivity contribution in [2.24, 2.45) is 5.92 Å². The number of aromatic nitrogens is 1. The largest absolute Gasteiger partial charge is 0.762 e. The second-order valence-corrected chi connectivity index (χ2v) is 8.24. The van der Waals surface area contributed by atoms with E-state index in [1.807, 2.05) is 47.8 Å². The number of hydrogen-bond acceptors (Lipinski definition) is 6. The third-order valence-corrected chi connectivity index (χ3v) is 6.33. The van der Waals surface area contributed by atoms with Crippen molar-refractivity contribution >= 4 is 11.6 Å². The lowest BCUT2D eigenvalue weighted by Gasteiger charge is -2.43. The predicted molar refractivity (Wildman–Crippen MR) is 117 cm³/mol. The molecule has 0 bridgehead atoms. The SMILES string of the molecule is Cc1cccc[n+]1[C@H]1[C@@H](c2ccc([N+](=O)[O-])cc2)C(C#N)=C(C(=C=[N-])C#N)N[C@@]1(O)C1CC1. The van der Waals surface area contributed by atoms with Gasteiger partial charge in [-0.15, -0.1) is 0 Å². The Kier molecular flexibility index (Phi) is 5.53. The molecule has 33 heavy (non-hydrogen) atoms. The highest BCUT2D eigenvalue weighted by molar-refractivity contribution is 5.74. The van der Waals surface area contributed by atoms with Crippen LogP contribution in [0.15, 0.2) is 65.5 Å². The number of nitro benzene ring substituents is 1. The topological polar surface area (TPSA) is 149 Å². The second-order valence-electron chi connectivity index (χ2n) is 8.24. The summed E-state index contributed by atoms with van der Waals surface area (Å²) in [5.74, 6) is 0.895. The molecule has 9 heteroatoms. The minimum atomic E-state index is -1.56. The van der Waals surface area contributed by atoms with Gasteiger partial charge in [0.25, 0.3) is 5.69 Å². The fraction of sp³-hybridized carbons (Fsp3) is 0.292. The molecule has 2 N–H and O–H groups in total. The average Bonchev–Trinajstić information content (AvgIpc) is 3.66.